The van der Waals surface area contributed by atoms with Gasteiger partial charge in [0.05, 0.1) is 12.2 Å². The Balaban J connectivity index is 1.68. The molecule has 1 aliphatic heterocycles. The van der Waals surface area contributed by atoms with Crippen molar-refractivity contribution in [2.24, 2.45) is 7.05 Å². The largest absolute Gasteiger partial charge is 0.476 e. The minimum absolute atomic E-state index is 0.0227. The van der Waals surface area contributed by atoms with Crippen LogP contribution in [0.2, 0.25) is 0 Å². The molecule has 0 spiro atoms. The normalized spacial score (nSPS) is 15.7. The van der Waals surface area contributed by atoms with Crippen molar-refractivity contribution in [2.45, 2.75) is 6.04 Å². The summed E-state index contributed by atoms with van der Waals surface area (Å²) in [6.07, 6.45) is 5.10. The zero-order chi connectivity index (χ0) is 12.7. The number of hydrogen-bond acceptors (Lipinski definition) is 5. The lowest BCUT2D eigenvalue weighted by Gasteiger charge is -2.39. The number of carboxylic acids is 1. The number of aryl methyl sites for hydroxylation is 1. The van der Waals surface area contributed by atoms with Gasteiger partial charge < -0.3 is 14.6 Å². The molecule has 8 heteroatoms. The summed E-state index contributed by atoms with van der Waals surface area (Å²) in [5.74, 6) is -0.147. The minimum Gasteiger partial charge on any atom is -0.476 e. The lowest BCUT2D eigenvalue weighted by atomic mass is 10.1. The van der Waals surface area contributed by atoms with Gasteiger partial charge in [-0.15, -0.1) is 5.10 Å². The smallest absolute Gasteiger partial charge is 0.358 e. The second kappa shape index (κ2) is 3.83. The number of hydrogen-bond donors (Lipinski definition) is 1. The molecule has 0 bridgehead atoms. The van der Waals surface area contributed by atoms with Crippen LogP contribution in [0.4, 0.5) is 5.95 Å². The van der Waals surface area contributed by atoms with E-state index in [1.54, 1.807) is 10.9 Å². The van der Waals surface area contributed by atoms with Gasteiger partial charge in [0, 0.05) is 32.5 Å². The van der Waals surface area contributed by atoms with Crippen molar-refractivity contribution in [2.75, 3.05) is 18.0 Å². The Morgan fingerprint density at radius 3 is 2.83 bits per heavy atom. The van der Waals surface area contributed by atoms with Crippen LogP contribution in [0, 0.1) is 0 Å². The Morgan fingerprint density at radius 1 is 1.50 bits per heavy atom. The van der Waals surface area contributed by atoms with E-state index >= 15 is 0 Å². The van der Waals surface area contributed by atoms with Gasteiger partial charge >= 0.3 is 5.97 Å². The molecule has 2 aromatic heterocycles. The van der Waals surface area contributed by atoms with Crippen LogP contribution in [0.25, 0.3) is 0 Å². The Morgan fingerprint density at radius 2 is 2.28 bits per heavy atom. The van der Waals surface area contributed by atoms with Gasteiger partial charge in [0.2, 0.25) is 5.95 Å². The molecule has 0 amide bonds. The molecule has 1 saturated heterocycles. The highest BCUT2D eigenvalue weighted by Crippen LogP contribution is 2.25. The Labute approximate surface area is 102 Å². The Hall–Kier alpha value is -2.38. The fourth-order valence-corrected chi connectivity index (χ4v) is 2.00. The summed E-state index contributed by atoms with van der Waals surface area (Å²) >= 11 is 0. The lowest BCUT2D eigenvalue weighted by molar-refractivity contribution is 0.0690. The van der Waals surface area contributed by atoms with Gasteiger partial charge in [-0.2, -0.15) is 0 Å². The maximum absolute atomic E-state index is 10.7. The second-order valence-electron chi connectivity index (χ2n) is 4.29. The highest BCUT2D eigenvalue weighted by atomic mass is 16.4. The van der Waals surface area contributed by atoms with Gasteiger partial charge in [0.25, 0.3) is 0 Å². The highest BCUT2D eigenvalue weighted by molar-refractivity contribution is 5.84. The first-order chi connectivity index (χ1) is 8.65. The molecule has 1 N–H and O–H groups in total. The number of aromatic nitrogens is 5. The molecule has 1 fully saturated rings. The summed E-state index contributed by atoms with van der Waals surface area (Å²) in [6, 6.07) is 0.155. The zero-order valence-electron chi connectivity index (χ0n) is 9.76. The van der Waals surface area contributed by atoms with Gasteiger partial charge in [0.15, 0.2) is 5.69 Å². The third-order valence-electron chi connectivity index (χ3n) is 3.04. The van der Waals surface area contributed by atoms with E-state index < -0.39 is 5.97 Å². The number of carboxylic acid groups (broad SMARTS) is 1. The van der Waals surface area contributed by atoms with E-state index in [1.165, 1.54) is 6.20 Å². The molecule has 0 saturated carbocycles. The lowest BCUT2D eigenvalue weighted by Crippen LogP contribution is -2.49. The van der Waals surface area contributed by atoms with E-state index in [4.69, 9.17) is 5.11 Å². The van der Waals surface area contributed by atoms with Crippen LogP contribution in [0.15, 0.2) is 18.6 Å². The van der Waals surface area contributed by atoms with Crippen LogP contribution in [0.3, 0.4) is 0 Å². The van der Waals surface area contributed by atoms with Crippen molar-refractivity contribution in [3.63, 3.8) is 0 Å². The van der Waals surface area contributed by atoms with Gasteiger partial charge in [0.1, 0.15) is 0 Å². The molecular formula is C10H12N6O2. The van der Waals surface area contributed by atoms with E-state index in [1.807, 2.05) is 17.8 Å². The van der Waals surface area contributed by atoms with Crippen molar-refractivity contribution in [1.82, 2.24) is 24.5 Å². The number of rotatable bonds is 3. The summed E-state index contributed by atoms with van der Waals surface area (Å²) in [4.78, 5) is 17.1. The predicted molar refractivity (Wildman–Crippen MR) is 61.4 cm³/mol. The molecule has 0 unspecified atom stereocenters. The first kappa shape index (κ1) is 10.8. The summed E-state index contributed by atoms with van der Waals surface area (Å²) in [5, 5.41) is 16.2. The van der Waals surface area contributed by atoms with Crippen LogP contribution in [0.1, 0.15) is 16.5 Å². The van der Waals surface area contributed by atoms with Crippen LogP contribution >= 0.6 is 0 Å². The fraction of sp³-hybridized carbons (Fsp3) is 0.400. The van der Waals surface area contributed by atoms with E-state index in [9.17, 15) is 4.79 Å². The first-order valence-corrected chi connectivity index (χ1v) is 5.52. The Bertz CT molecular complexity index is 583. The molecule has 3 rings (SSSR count). The van der Waals surface area contributed by atoms with Gasteiger partial charge in [-0.1, -0.05) is 5.21 Å². The third-order valence-corrected chi connectivity index (χ3v) is 3.04. The molecule has 0 atom stereocenters. The number of aromatic carboxylic acids is 1. The predicted octanol–water partition coefficient (Wildman–Crippen LogP) is -0.229. The molecule has 0 aliphatic carbocycles. The Kier molecular flexibility index (Phi) is 2.29. The molecule has 94 valence electrons. The van der Waals surface area contributed by atoms with Gasteiger partial charge in [-0.25, -0.2) is 14.5 Å². The minimum atomic E-state index is -1.05. The summed E-state index contributed by atoms with van der Waals surface area (Å²) in [6.45, 7) is 1.51. The summed E-state index contributed by atoms with van der Waals surface area (Å²) in [5.41, 5.74) is -0.0227. The maximum atomic E-state index is 10.7. The molecule has 0 aromatic carbocycles. The standard InChI is InChI=1S/C10H12N6O2/c1-14-3-2-11-10(14)15-4-7(5-15)16-6-8(9(17)18)12-13-16/h2-3,6-7H,4-5H2,1H3,(H,17,18). The highest BCUT2D eigenvalue weighted by Gasteiger charge is 2.31. The average Bonchev–Trinajstić information content (AvgIpc) is 2.87. The van der Waals surface area contributed by atoms with E-state index in [0.717, 1.165) is 19.0 Å². The number of imidazole rings is 1. The summed E-state index contributed by atoms with van der Waals surface area (Å²) in [7, 11) is 1.94. The SMILES string of the molecule is Cn1ccnc1N1CC(n2cc(C(=O)O)nn2)C1. The van der Waals surface area contributed by atoms with Crippen molar-refractivity contribution >= 4 is 11.9 Å². The van der Waals surface area contributed by atoms with Crippen molar-refractivity contribution in [3.05, 3.63) is 24.3 Å². The number of anilines is 1. The molecule has 0 radical (unpaired) electrons. The topological polar surface area (TPSA) is 89.1 Å². The number of nitrogens with zero attached hydrogens (tertiary/aromatic N) is 6. The quantitative estimate of drug-likeness (QED) is 0.807. The maximum Gasteiger partial charge on any atom is 0.358 e. The van der Waals surface area contributed by atoms with Crippen molar-refractivity contribution in [1.29, 1.82) is 0 Å². The molecule has 3 heterocycles. The average molecular weight is 248 g/mol. The summed E-state index contributed by atoms with van der Waals surface area (Å²) < 4.78 is 3.54. The van der Waals surface area contributed by atoms with Crippen LogP contribution < -0.4 is 4.90 Å². The second-order valence-corrected chi connectivity index (χ2v) is 4.29. The molecular weight excluding hydrogens is 236 g/mol. The van der Waals surface area contributed by atoms with Crippen LogP contribution in [-0.4, -0.2) is 48.7 Å². The molecule has 8 nitrogen and oxygen atoms in total. The van der Waals surface area contributed by atoms with Crippen molar-refractivity contribution in [3.8, 4) is 0 Å². The zero-order valence-corrected chi connectivity index (χ0v) is 9.76. The fourth-order valence-electron chi connectivity index (χ4n) is 2.00. The van der Waals surface area contributed by atoms with Gasteiger partial charge in [-0.05, 0) is 0 Å². The molecule has 2 aromatic rings. The monoisotopic (exact) mass is 248 g/mol. The molecule has 18 heavy (non-hydrogen) atoms. The molecule has 1 aliphatic rings. The van der Waals surface area contributed by atoms with Gasteiger partial charge in [-0.3, -0.25) is 0 Å². The van der Waals surface area contributed by atoms with Crippen LogP contribution in [-0.2, 0) is 7.05 Å². The van der Waals surface area contributed by atoms with Crippen LogP contribution in [0.5, 0.6) is 0 Å². The van der Waals surface area contributed by atoms with E-state index in [-0.39, 0.29) is 11.7 Å². The van der Waals surface area contributed by atoms with E-state index in [2.05, 4.69) is 20.2 Å². The number of carbonyl (C=O) groups is 1. The third kappa shape index (κ3) is 1.62. The first-order valence-electron chi connectivity index (χ1n) is 5.52. The van der Waals surface area contributed by atoms with Crippen molar-refractivity contribution < 1.29 is 9.90 Å². The van der Waals surface area contributed by atoms with E-state index in [0.29, 0.717) is 0 Å².